The molecule has 0 atom stereocenters. The molecule has 1 heterocycles. The molecule has 28 heavy (non-hydrogen) atoms. The number of fused-ring (bicyclic) bond motifs is 2. The molecule has 4 rings (SSSR count). The van der Waals surface area contributed by atoms with Gasteiger partial charge in [0.15, 0.2) is 0 Å². The standard InChI is InChI=1S/C21H19N3O3S/c1-24(28(2,26)27)20-10-6-3-7-15(20)14-11-12-16-19(13-14)22-17-8-4-5-9-18(17)23-21(16)25/h3-13,22H,1-2H3,(H,23,25). The van der Waals surface area contributed by atoms with Gasteiger partial charge in [-0.25, -0.2) is 8.42 Å². The summed E-state index contributed by atoms with van der Waals surface area (Å²) in [5.74, 6) is -0.194. The maximum atomic E-state index is 12.6. The fourth-order valence-electron chi connectivity index (χ4n) is 3.22. The monoisotopic (exact) mass is 393 g/mol. The molecule has 1 amide bonds. The summed E-state index contributed by atoms with van der Waals surface area (Å²) in [6.45, 7) is 0. The molecule has 0 aliphatic carbocycles. The Hall–Kier alpha value is -3.32. The van der Waals surface area contributed by atoms with Gasteiger partial charge in [-0.15, -0.1) is 0 Å². The molecule has 0 saturated heterocycles. The summed E-state index contributed by atoms with van der Waals surface area (Å²) in [6, 6.07) is 20.2. The maximum absolute atomic E-state index is 12.6. The van der Waals surface area contributed by atoms with Gasteiger partial charge in [-0.05, 0) is 35.9 Å². The molecule has 3 aromatic carbocycles. The van der Waals surface area contributed by atoms with Crippen molar-refractivity contribution in [1.29, 1.82) is 0 Å². The second-order valence-corrected chi connectivity index (χ2v) is 8.65. The molecule has 7 heteroatoms. The van der Waals surface area contributed by atoms with Crippen molar-refractivity contribution >= 4 is 38.7 Å². The first kappa shape index (κ1) is 18.1. The molecular formula is C21H19N3O3S. The van der Waals surface area contributed by atoms with E-state index >= 15 is 0 Å². The summed E-state index contributed by atoms with van der Waals surface area (Å²) in [5.41, 5.74) is 4.84. The van der Waals surface area contributed by atoms with Gasteiger partial charge in [0.1, 0.15) is 0 Å². The highest BCUT2D eigenvalue weighted by atomic mass is 32.2. The minimum Gasteiger partial charge on any atom is -0.353 e. The van der Waals surface area contributed by atoms with E-state index in [1.54, 1.807) is 18.2 Å². The molecule has 142 valence electrons. The maximum Gasteiger partial charge on any atom is 0.257 e. The number of sulfonamides is 1. The number of amides is 1. The summed E-state index contributed by atoms with van der Waals surface area (Å²) in [4.78, 5) is 12.6. The molecule has 0 saturated carbocycles. The van der Waals surface area contributed by atoms with Crippen LogP contribution in [0.3, 0.4) is 0 Å². The third-order valence-corrected chi connectivity index (χ3v) is 5.95. The molecule has 0 radical (unpaired) electrons. The molecule has 0 fully saturated rings. The van der Waals surface area contributed by atoms with Crippen molar-refractivity contribution in [1.82, 2.24) is 0 Å². The van der Waals surface area contributed by atoms with E-state index < -0.39 is 10.0 Å². The largest absolute Gasteiger partial charge is 0.353 e. The lowest BCUT2D eigenvalue weighted by atomic mass is 10.0. The van der Waals surface area contributed by atoms with Crippen LogP contribution in [0.15, 0.2) is 66.7 Å². The first-order valence-electron chi connectivity index (χ1n) is 8.69. The van der Waals surface area contributed by atoms with Gasteiger partial charge in [-0.1, -0.05) is 36.4 Å². The molecular weight excluding hydrogens is 374 g/mol. The van der Waals surface area contributed by atoms with Crippen LogP contribution in [0, 0.1) is 0 Å². The number of para-hydroxylation sites is 3. The number of hydrogen-bond donors (Lipinski definition) is 2. The van der Waals surface area contributed by atoms with Crippen molar-refractivity contribution in [2.45, 2.75) is 0 Å². The van der Waals surface area contributed by atoms with Gasteiger partial charge in [0.05, 0.1) is 34.6 Å². The van der Waals surface area contributed by atoms with Gasteiger partial charge in [0.2, 0.25) is 10.0 Å². The van der Waals surface area contributed by atoms with E-state index in [2.05, 4.69) is 10.6 Å². The van der Waals surface area contributed by atoms with Crippen molar-refractivity contribution in [3.63, 3.8) is 0 Å². The first-order chi connectivity index (χ1) is 13.3. The summed E-state index contributed by atoms with van der Waals surface area (Å²) >= 11 is 0. The van der Waals surface area contributed by atoms with Gasteiger partial charge in [-0.3, -0.25) is 9.10 Å². The molecule has 1 aliphatic heterocycles. The van der Waals surface area contributed by atoms with E-state index in [4.69, 9.17) is 0 Å². The highest BCUT2D eigenvalue weighted by Crippen LogP contribution is 2.37. The van der Waals surface area contributed by atoms with Crippen LogP contribution in [0.25, 0.3) is 11.1 Å². The predicted molar refractivity (Wildman–Crippen MR) is 113 cm³/mol. The lowest BCUT2D eigenvalue weighted by molar-refractivity contribution is 0.102. The van der Waals surface area contributed by atoms with Crippen LogP contribution in [0.1, 0.15) is 10.4 Å². The quantitative estimate of drug-likeness (QED) is 0.703. The summed E-state index contributed by atoms with van der Waals surface area (Å²) in [5, 5.41) is 6.21. The van der Waals surface area contributed by atoms with Crippen molar-refractivity contribution in [3.05, 3.63) is 72.3 Å². The number of carbonyl (C=O) groups is 1. The fourth-order valence-corrected chi connectivity index (χ4v) is 3.74. The summed E-state index contributed by atoms with van der Waals surface area (Å²) in [7, 11) is -1.88. The second kappa shape index (κ2) is 6.69. The van der Waals surface area contributed by atoms with Gasteiger partial charge >= 0.3 is 0 Å². The number of hydrogen-bond acceptors (Lipinski definition) is 4. The van der Waals surface area contributed by atoms with E-state index in [0.717, 1.165) is 16.8 Å². The Morgan fingerprint density at radius 3 is 2.14 bits per heavy atom. The van der Waals surface area contributed by atoms with Crippen molar-refractivity contribution in [2.24, 2.45) is 0 Å². The van der Waals surface area contributed by atoms with Crippen LogP contribution in [-0.2, 0) is 10.0 Å². The highest BCUT2D eigenvalue weighted by molar-refractivity contribution is 7.92. The number of nitrogens with one attached hydrogen (secondary N) is 2. The van der Waals surface area contributed by atoms with E-state index in [0.29, 0.717) is 22.6 Å². The van der Waals surface area contributed by atoms with Crippen LogP contribution >= 0.6 is 0 Å². The van der Waals surface area contributed by atoms with Gasteiger partial charge < -0.3 is 10.6 Å². The van der Waals surface area contributed by atoms with Gasteiger partial charge in [-0.2, -0.15) is 0 Å². The number of benzene rings is 3. The lowest BCUT2D eigenvalue weighted by Gasteiger charge is -2.21. The van der Waals surface area contributed by atoms with E-state index in [-0.39, 0.29) is 5.91 Å². The number of carbonyl (C=O) groups excluding carboxylic acids is 1. The van der Waals surface area contributed by atoms with Crippen molar-refractivity contribution in [3.8, 4) is 11.1 Å². The molecule has 6 nitrogen and oxygen atoms in total. The van der Waals surface area contributed by atoms with Crippen LogP contribution in [-0.4, -0.2) is 27.6 Å². The van der Waals surface area contributed by atoms with Crippen molar-refractivity contribution in [2.75, 3.05) is 28.2 Å². The smallest absolute Gasteiger partial charge is 0.257 e. The van der Waals surface area contributed by atoms with Crippen LogP contribution in [0.5, 0.6) is 0 Å². The topological polar surface area (TPSA) is 78.5 Å². The SMILES string of the molecule is CN(c1ccccc1-c1ccc2c(c1)Nc1ccccc1NC2=O)S(C)(=O)=O. The molecule has 3 aromatic rings. The minimum absolute atomic E-state index is 0.194. The van der Waals surface area contributed by atoms with E-state index in [1.807, 2.05) is 48.5 Å². The van der Waals surface area contributed by atoms with Crippen molar-refractivity contribution < 1.29 is 13.2 Å². The molecule has 1 aliphatic rings. The second-order valence-electron chi connectivity index (χ2n) is 6.63. The minimum atomic E-state index is -3.40. The number of rotatable bonds is 3. The average molecular weight is 393 g/mol. The molecule has 0 unspecified atom stereocenters. The Morgan fingerprint density at radius 2 is 1.43 bits per heavy atom. The lowest BCUT2D eigenvalue weighted by Crippen LogP contribution is -2.25. The van der Waals surface area contributed by atoms with E-state index in [9.17, 15) is 13.2 Å². The Bertz CT molecular complexity index is 1190. The normalized spacial score (nSPS) is 12.9. The first-order valence-corrected chi connectivity index (χ1v) is 10.5. The molecule has 0 bridgehead atoms. The van der Waals surface area contributed by atoms with Crippen LogP contribution in [0.4, 0.5) is 22.7 Å². The van der Waals surface area contributed by atoms with Crippen LogP contribution < -0.4 is 14.9 Å². The zero-order valence-electron chi connectivity index (χ0n) is 15.4. The van der Waals surface area contributed by atoms with E-state index in [1.165, 1.54) is 17.6 Å². The molecule has 0 spiro atoms. The Balaban J connectivity index is 1.84. The third kappa shape index (κ3) is 3.20. The fraction of sp³-hybridized carbons (Fsp3) is 0.0952. The van der Waals surface area contributed by atoms with Gasteiger partial charge in [0.25, 0.3) is 5.91 Å². The third-order valence-electron chi connectivity index (χ3n) is 4.76. The van der Waals surface area contributed by atoms with Gasteiger partial charge in [0, 0.05) is 12.6 Å². The zero-order valence-corrected chi connectivity index (χ0v) is 16.2. The van der Waals surface area contributed by atoms with Crippen LogP contribution in [0.2, 0.25) is 0 Å². The molecule has 0 aromatic heterocycles. The Morgan fingerprint density at radius 1 is 0.786 bits per heavy atom. The number of anilines is 4. The summed E-state index contributed by atoms with van der Waals surface area (Å²) in [6.07, 6.45) is 1.17. The highest BCUT2D eigenvalue weighted by Gasteiger charge is 2.21. The Kier molecular flexibility index (Phi) is 4.31. The average Bonchev–Trinajstić information content (AvgIpc) is 2.81. The number of nitrogens with zero attached hydrogens (tertiary/aromatic N) is 1. The molecule has 2 N–H and O–H groups in total. The zero-order chi connectivity index (χ0) is 19.9. The Labute approximate surface area is 163 Å². The summed E-state index contributed by atoms with van der Waals surface area (Å²) < 4.78 is 25.3. The predicted octanol–water partition coefficient (Wildman–Crippen LogP) is 4.06.